The van der Waals surface area contributed by atoms with Crippen molar-refractivity contribution in [3.63, 3.8) is 0 Å². The average molecular weight is 406 g/mol. The zero-order valence-electron chi connectivity index (χ0n) is 15.4. The molecule has 1 aliphatic heterocycles. The van der Waals surface area contributed by atoms with Crippen LogP contribution in [0.3, 0.4) is 0 Å². The summed E-state index contributed by atoms with van der Waals surface area (Å²) in [6, 6.07) is 12.2. The Labute approximate surface area is 164 Å². The molecule has 3 rings (SSSR count). The number of nitrogens with one attached hydrogen (secondary N) is 1. The number of halogens is 1. The molecule has 1 saturated heterocycles. The van der Waals surface area contributed by atoms with Gasteiger partial charge in [-0.1, -0.05) is 18.2 Å². The van der Waals surface area contributed by atoms with Crippen molar-refractivity contribution in [2.75, 3.05) is 26.2 Å². The minimum absolute atomic E-state index is 0.130. The predicted molar refractivity (Wildman–Crippen MR) is 103 cm³/mol. The van der Waals surface area contributed by atoms with Gasteiger partial charge in [0.05, 0.1) is 11.5 Å². The first-order valence-electron chi connectivity index (χ1n) is 9.24. The number of nitrogens with zero attached hydrogens (tertiary/aromatic N) is 1. The van der Waals surface area contributed by atoms with Crippen molar-refractivity contribution in [1.82, 2.24) is 9.62 Å². The summed E-state index contributed by atoms with van der Waals surface area (Å²) in [5, 5.41) is 2.73. The molecule has 0 radical (unpaired) electrons. The summed E-state index contributed by atoms with van der Waals surface area (Å²) in [5.74, 6) is -0.611. The van der Waals surface area contributed by atoms with Crippen LogP contribution in [0.1, 0.15) is 29.6 Å². The standard InChI is InChI=1S/C20H23FN2O4S/c21-18-9-1-2-10-19(18)27-14-6-11-22-20(24)16-7-5-8-17(15-16)28(25,26)23-12-3-4-13-23/h1-2,5,7-10,15H,3-4,6,11-14H2,(H,22,24). The molecule has 1 heterocycles. The second-order valence-corrected chi connectivity index (χ2v) is 8.47. The maximum Gasteiger partial charge on any atom is 0.251 e. The summed E-state index contributed by atoms with van der Waals surface area (Å²) in [7, 11) is -3.56. The van der Waals surface area contributed by atoms with Crippen LogP contribution in [0.2, 0.25) is 0 Å². The van der Waals surface area contributed by atoms with Crippen molar-refractivity contribution in [3.05, 3.63) is 59.9 Å². The van der Waals surface area contributed by atoms with E-state index in [-0.39, 0.29) is 28.7 Å². The lowest BCUT2D eigenvalue weighted by atomic mass is 10.2. The molecule has 150 valence electrons. The number of carbonyl (C=O) groups is 1. The fourth-order valence-corrected chi connectivity index (χ4v) is 4.56. The molecule has 1 aliphatic rings. The number of benzene rings is 2. The number of carbonyl (C=O) groups excluding carboxylic acids is 1. The Morgan fingerprint density at radius 3 is 2.61 bits per heavy atom. The minimum Gasteiger partial charge on any atom is -0.490 e. The number of rotatable bonds is 8. The molecule has 2 aromatic carbocycles. The molecule has 0 spiro atoms. The van der Waals surface area contributed by atoms with Crippen LogP contribution >= 0.6 is 0 Å². The lowest BCUT2D eigenvalue weighted by Gasteiger charge is -2.16. The van der Waals surface area contributed by atoms with Crippen LogP contribution in [0.15, 0.2) is 53.4 Å². The molecule has 2 aromatic rings. The predicted octanol–water partition coefficient (Wildman–Crippen LogP) is 2.81. The van der Waals surface area contributed by atoms with Crippen molar-refractivity contribution in [1.29, 1.82) is 0 Å². The Morgan fingerprint density at radius 1 is 1.11 bits per heavy atom. The third kappa shape index (κ3) is 4.88. The topological polar surface area (TPSA) is 75.7 Å². The zero-order valence-corrected chi connectivity index (χ0v) is 16.3. The summed E-state index contributed by atoms with van der Waals surface area (Å²) in [6.07, 6.45) is 2.20. The van der Waals surface area contributed by atoms with Gasteiger partial charge in [-0.25, -0.2) is 12.8 Å². The molecule has 6 nitrogen and oxygen atoms in total. The van der Waals surface area contributed by atoms with Crippen LogP contribution in [-0.4, -0.2) is 44.9 Å². The summed E-state index contributed by atoms with van der Waals surface area (Å²) >= 11 is 0. The maximum absolute atomic E-state index is 13.4. The monoisotopic (exact) mass is 406 g/mol. The van der Waals surface area contributed by atoms with Gasteiger partial charge in [-0.05, 0) is 49.6 Å². The van der Waals surface area contributed by atoms with E-state index in [1.807, 2.05) is 0 Å². The van der Waals surface area contributed by atoms with Crippen molar-refractivity contribution in [2.24, 2.45) is 0 Å². The molecular formula is C20H23FN2O4S. The van der Waals surface area contributed by atoms with Crippen molar-refractivity contribution in [2.45, 2.75) is 24.2 Å². The molecule has 0 aromatic heterocycles. The number of ether oxygens (including phenoxy) is 1. The van der Waals surface area contributed by atoms with Gasteiger partial charge in [0.1, 0.15) is 0 Å². The molecule has 28 heavy (non-hydrogen) atoms. The molecule has 0 aliphatic carbocycles. The van der Waals surface area contributed by atoms with Crippen LogP contribution in [0.5, 0.6) is 5.75 Å². The van der Waals surface area contributed by atoms with Gasteiger partial charge in [0, 0.05) is 25.2 Å². The first-order chi connectivity index (χ1) is 13.5. The van der Waals surface area contributed by atoms with Crippen LogP contribution < -0.4 is 10.1 Å². The third-order valence-corrected chi connectivity index (χ3v) is 6.39. The van der Waals surface area contributed by atoms with Gasteiger partial charge in [-0.2, -0.15) is 4.31 Å². The van der Waals surface area contributed by atoms with E-state index in [1.54, 1.807) is 30.3 Å². The van der Waals surface area contributed by atoms with Gasteiger partial charge in [-0.15, -0.1) is 0 Å². The molecule has 1 amide bonds. The number of hydrogen-bond donors (Lipinski definition) is 1. The summed E-state index contributed by atoms with van der Waals surface area (Å²) in [4.78, 5) is 12.4. The Kier molecular flexibility index (Phi) is 6.64. The fraction of sp³-hybridized carbons (Fsp3) is 0.350. The van der Waals surface area contributed by atoms with Gasteiger partial charge in [0.2, 0.25) is 10.0 Å². The summed E-state index contributed by atoms with van der Waals surface area (Å²) < 4.78 is 45.5. The Bertz CT molecular complexity index is 927. The smallest absolute Gasteiger partial charge is 0.251 e. The van der Waals surface area contributed by atoms with Crippen LogP contribution in [0, 0.1) is 5.82 Å². The second-order valence-electron chi connectivity index (χ2n) is 6.53. The normalized spacial score (nSPS) is 14.8. The van der Waals surface area contributed by atoms with E-state index in [4.69, 9.17) is 4.74 Å². The highest BCUT2D eigenvalue weighted by Gasteiger charge is 2.27. The Balaban J connectivity index is 1.51. The highest BCUT2D eigenvalue weighted by atomic mass is 32.2. The average Bonchev–Trinajstić information content (AvgIpc) is 3.25. The number of para-hydroxylation sites is 1. The SMILES string of the molecule is O=C(NCCCOc1ccccc1F)c1cccc(S(=O)(=O)N2CCCC2)c1. The van der Waals surface area contributed by atoms with E-state index < -0.39 is 15.8 Å². The fourth-order valence-electron chi connectivity index (χ4n) is 3.00. The highest BCUT2D eigenvalue weighted by Crippen LogP contribution is 2.21. The molecule has 1 fully saturated rings. The Morgan fingerprint density at radius 2 is 1.86 bits per heavy atom. The van der Waals surface area contributed by atoms with E-state index >= 15 is 0 Å². The van der Waals surface area contributed by atoms with Crippen LogP contribution in [0.4, 0.5) is 4.39 Å². The summed E-state index contributed by atoms with van der Waals surface area (Å²) in [5.41, 5.74) is 0.287. The van der Waals surface area contributed by atoms with E-state index in [9.17, 15) is 17.6 Å². The summed E-state index contributed by atoms with van der Waals surface area (Å²) in [6.45, 7) is 1.61. The maximum atomic E-state index is 13.4. The lowest BCUT2D eigenvalue weighted by Crippen LogP contribution is -2.29. The third-order valence-electron chi connectivity index (χ3n) is 4.50. The van der Waals surface area contributed by atoms with E-state index in [1.165, 1.54) is 22.5 Å². The minimum atomic E-state index is -3.56. The molecule has 0 saturated carbocycles. The first-order valence-corrected chi connectivity index (χ1v) is 10.7. The van der Waals surface area contributed by atoms with Crippen molar-refractivity contribution in [3.8, 4) is 5.75 Å². The zero-order chi connectivity index (χ0) is 20.0. The molecule has 0 atom stereocenters. The number of sulfonamides is 1. The quantitative estimate of drug-likeness (QED) is 0.684. The van der Waals surface area contributed by atoms with Crippen molar-refractivity contribution < 1.29 is 22.3 Å². The Hall–Kier alpha value is -2.45. The van der Waals surface area contributed by atoms with Gasteiger partial charge in [0.25, 0.3) is 5.91 Å². The molecule has 0 bridgehead atoms. The van der Waals surface area contributed by atoms with Crippen LogP contribution in [0.25, 0.3) is 0 Å². The van der Waals surface area contributed by atoms with Crippen molar-refractivity contribution >= 4 is 15.9 Å². The first kappa shape index (κ1) is 20.3. The van der Waals surface area contributed by atoms with E-state index in [0.29, 0.717) is 26.1 Å². The lowest BCUT2D eigenvalue weighted by molar-refractivity contribution is 0.0951. The molecular weight excluding hydrogens is 383 g/mol. The van der Waals surface area contributed by atoms with Gasteiger partial charge in [-0.3, -0.25) is 4.79 Å². The highest BCUT2D eigenvalue weighted by molar-refractivity contribution is 7.89. The largest absolute Gasteiger partial charge is 0.490 e. The number of amides is 1. The molecule has 1 N–H and O–H groups in total. The number of hydrogen-bond acceptors (Lipinski definition) is 4. The van der Waals surface area contributed by atoms with Gasteiger partial charge < -0.3 is 10.1 Å². The second kappa shape index (κ2) is 9.16. The molecule has 8 heteroatoms. The van der Waals surface area contributed by atoms with E-state index in [0.717, 1.165) is 12.8 Å². The van der Waals surface area contributed by atoms with E-state index in [2.05, 4.69) is 5.32 Å². The van der Waals surface area contributed by atoms with Crippen LogP contribution in [-0.2, 0) is 10.0 Å². The molecule has 0 unspecified atom stereocenters. The van der Waals surface area contributed by atoms with Gasteiger partial charge in [0.15, 0.2) is 11.6 Å². The van der Waals surface area contributed by atoms with Gasteiger partial charge >= 0.3 is 0 Å².